The molecular weight excluding hydrogens is 349 g/mol. The Morgan fingerprint density at radius 2 is 1.88 bits per heavy atom. The number of hydrogen-bond donors (Lipinski definition) is 1. The highest BCUT2D eigenvalue weighted by atomic mass is 35.5. The molecule has 1 N–H and O–H groups in total. The van der Waals surface area contributed by atoms with Crippen molar-refractivity contribution in [2.24, 2.45) is 0 Å². The molecule has 0 radical (unpaired) electrons. The fourth-order valence-electron chi connectivity index (χ4n) is 2.52. The zero-order valence-corrected chi connectivity index (χ0v) is 14.7. The maximum absolute atomic E-state index is 10.8. The van der Waals surface area contributed by atoms with E-state index >= 15 is 0 Å². The molecule has 1 saturated heterocycles. The van der Waals surface area contributed by atoms with Crippen LogP contribution in [0, 0.1) is 6.92 Å². The van der Waals surface area contributed by atoms with Crippen molar-refractivity contribution in [3.05, 3.63) is 40.0 Å². The normalized spacial score (nSPS) is 14.6. The molecule has 3 rings (SSSR count). The lowest BCUT2D eigenvalue weighted by Crippen LogP contribution is -2.46. The molecule has 2 heterocycles. The Morgan fingerprint density at radius 3 is 2.58 bits per heavy atom. The van der Waals surface area contributed by atoms with Crippen LogP contribution < -0.4 is 10.2 Å². The molecule has 0 saturated carbocycles. The number of halogens is 2. The van der Waals surface area contributed by atoms with E-state index < -0.39 is 0 Å². The number of rotatable bonds is 4. The molecular formula is C16H17Cl2N5O. The van der Waals surface area contributed by atoms with E-state index in [0.29, 0.717) is 53.7 Å². The summed E-state index contributed by atoms with van der Waals surface area (Å²) in [5.41, 5.74) is 1.54. The molecule has 1 amide bonds. The van der Waals surface area contributed by atoms with Crippen molar-refractivity contribution in [1.82, 2.24) is 14.9 Å². The highest BCUT2D eigenvalue weighted by Crippen LogP contribution is 2.28. The fraction of sp³-hybridized carbons (Fsp3) is 0.312. The molecule has 0 bridgehead atoms. The van der Waals surface area contributed by atoms with Gasteiger partial charge in [-0.25, -0.2) is 4.98 Å². The second-order valence-electron chi connectivity index (χ2n) is 5.57. The first-order valence-electron chi connectivity index (χ1n) is 7.57. The maximum atomic E-state index is 10.8. The average molecular weight is 366 g/mol. The van der Waals surface area contributed by atoms with Crippen molar-refractivity contribution < 1.29 is 4.79 Å². The number of nitrogens with zero attached hydrogens (tertiary/aromatic N) is 4. The molecule has 1 aliphatic heterocycles. The van der Waals surface area contributed by atoms with E-state index in [0.717, 1.165) is 12.1 Å². The minimum Gasteiger partial charge on any atom is -0.342 e. The summed E-state index contributed by atoms with van der Waals surface area (Å²) in [6.45, 7) is 4.67. The quantitative estimate of drug-likeness (QED) is 0.843. The Bertz CT molecular complexity index is 747. The minimum absolute atomic E-state index is 0.566. The molecule has 1 fully saturated rings. The summed E-state index contributed by atoms with van der Waals surface area (Å²) in [4.78, 5) is 23.7. The van der Waals surface area contributed by atoms with Gasteiger partial charge in [0.25, 0.3) is 0 Å². The smallest absolute Gasteiger partial charge is 0.227 e. The Hall–Kier alpha value is -2.05. The van der Waals surface area contributed by atoms with Gasteiger partial charge in [0.2, 0.25) is 12.4 Å². The second-order valence-corrected chi connectivity index (χ2v) is 6.42. The molecule has 0 unspecified atom stereocenters. The number of amides is 1. The lowest BCUT2D eigenvalue weighted by Gasteiger charge is -2.32. The summed E-state index contributed by atoms with van der Waals surface area (Å²) in [6, 6.07) is 7.07. The molecule has 1 aliphatic rings. The number of aromatic nitrogens is 2. The third-order valence-electron chi connectivity index (χ3n) is 3.78. The highest BCUT2D eigenvalue weighted by Gasteiger charge is 2.18. The number of hydrogen-bond acceptors (Lipinski definition) is 5. The Kier molecular flexibility index (Phi) is 5.06. The predicted octanol–water partition coefficient (Wildman–Crippen LogP) is 3.11. The lowest BCUT2D eigenvalue weighted by atomic mass is 10.3. The summed E-state index contributed by atoms with van der Waals surface area (Å²) in [7, 11) is 0. The fourth-order valence-corrected chi connectivity index (χ4v) is 2.85. The molecule has 126 valence electrons. The van der Waals surface area contributed by atoms with Crippen molar-refractivity contribution in [3.63, 3.8) is 0 Å². The van der Waals surface area contributed by atoms with Gasteiger partial charge in [0.05, 0.1) is 10.7 Å². The molecule has 6 nitrogen and oxygen atoms in total. The Labute approximate surface area is 150 Å². The average Bonchev–Trinajstić information content (AvgIpc) is 2.58. The van der Waals surface area contributed by atoms with Crippen molar-refractivity contribution >= 4 is 47.1 Å². The third kappa shape index (κ3) is 3.88. The van der Waals surface area contributed by atoms with Gasteiger partial charge in [0, 0.05) is 43.0 Å². The number of nitrogens with one attached hydrogen (secondary N) is 1. The Balaban J connectivity index is 1.81. The Morgan fingerprint density at radius 1 is 1.12 bits per heavy atom. The first kappa shape index (κ1) is 16.8. The van der Waals surface area contributed by atoms with Gasteiger partial charge in [-0.1, -0.05) is 23.2 Å². The first-order chi connectivity index (χ1) is 11.5. The maximum Gasteiger partial charge on any atom is 0.227 e. The molecule has 24 heavy (non-hydrogen) atoms. The van der Waals surface area contributed by atoms with Gasteiger partial charge in [-0.2, -0.15) is 4.98 Å². The molecule has 1 aromatic carbocycles. The van der Waals surface area contributed by atoms with Gasteiger partial charge in [-0.3, -0.25) is 4.79 Å². The van der Waals surface area contributed by atoms with Gasteiger partial charge < -0.3 is 15.1 Å². The van der Waals surface area contributed by atoms with E-state index in [2.05, 4.69) is 20.2 Å². The van der Waals surface area contributed by atoms with Gasteiger partial charge in [-0.15, -0.1) is 0 Å². The summed E-state index contributed by atoms with van der Waals surface area (Å²) >= 11 is 12.2. The standard InChI is InChI=1S/C16H17Cl2N5O/c1-11-8-15(20-14-9-12(17)2-3-13(14)18)21-16(19-11)23-6-4-22(10-24)5-7-23/h2-3,8-10H,4-7H2,1H3,(H,19,20,21). The van der Waals surface area contributed by atoms with E-state index in [1.165, 1.54) is 0 Å². The van der Waals surface area contributed by atoms with Crippen LogP contribution in [-0.2, 0) is 4.79 Å². The molecule has 0 aliphatic carbocycles. The molecule has 2 aromatic rings. The highest BCUT2D eigenvalue weighted by molar-refractivity contribution is 6.35. The third-order valence-corrected chi connectivity index (χ3v) is 4.34. The van der Waals surface area contributed by atoms with Crippen LogP contribution in [0.3, 0.4) is 0 Å². The molecule has 0 atom stereocenters. The van der Waals surface area contributed by atoms with E-state index in [1.54, 1.807) is 23.1 Å². The summed E-state index contributed by atoms with van der Waals surface area (Å²) in [5.74, 6) is 1.29. The van der Waals surface area contributed by atoms with Crippen LogP contribution in [0.1, 0.15) is 5.69 Å². The van der Waals surface area contributed by atoms with Crippen molar-refractivity contribution in [3.8, 4) is 0 Å². The number of anilines is 3. The summed E-state index contributed by atoms with van der Waals surface area (Å²) < 4.78 is 0. The van der Waals surface area contributed by atoms with Gasteiger partial charge >= 0.3 is 0 Å². The lowest BCUT2D eigenvalue weighted by molar-refractivity contribution is -0.118. The molecule has 8 heteroatoms. The molecule has 1 aromatic heterocycles. The number of aryl methyl sites for hydroxylation is 1. The minimum atomic E-state index is 0.566. The summed E-state index contributed by atoms with van der Waals surface area (Å²) in [6.07, 6.45) is 0.878. The van der Waals surface area contributed by atoms with E-state index in [-0.39, 0.29) is 0 Å². The monoisotopic (exact) mass is 365 g/mol. The van der Waals surface area contributed by atoms with Gasteiger partial charge in [-0.05, 0) is 25.1 Å². The van der Waals surface area contributed by atoms with E-state index in [1.807, 2.05) is 13.0 Å². The zero-order valence-electron chi connectivity index (χ0n) is 13.2. The van der Waals surface area contributed by atoms with Crippen LogP contribution in [0.5, 0.6) is 0 Å². The van der Waals surface area contributed by atoms with Crippen LogP contribution in [0.25, 0.3) is 0 Å². The largest absolute Gasteiger partial charge is 0.342 e. The van der Waals surface area contributed by atoms with Gasteiger partial charge in [0.1, 0.15) is 5.82 Å². The van der Waals surface area contributed by atoms with E-state index in [9.17, 15) is 4.79 Å². The van der Waals surface area contributed by atoms with Crippen LogP contribution >= 0.6 is 23.2 Å². The number of piperazine rings is 1. The van der Waals surface area contributed by atoms with Crippen molar-refractivity contribution in [2.75, 3.05) is 36.4 Å². The van der Waals surface area contributed by atoms with Gasteiger partial charge in [0.15, 0.2) is 0 Å². The first-order valence-corrected chi connectivity index (χ1v) is 8.33. The molecule has 0 spiro atoms. The predicted molar refractivity (Wildman–Crippen MR) is 96.4 cm³/mol. The van der Waals surface area contributed by atoms with Crippen molar-refractivity contribution in [1.29, 1.82) is 0 Å². The topological polar surface area (TPSA) is 61.4 Å². The van der Waals surface area contributed by atoms with Crippen LogP contribution in [0.4, 0.5) is 17.5 Å². The van der Waals surface area contributed by atoms with Crippen molar-refractivity contribution in [2.45, 2.75) is 6.92 Å². The van der Waals surface area contributed by atoms with Crippen LogP contribution in [-0.4, -0.2) is 47.5 Å². The second kappa shape index (κ2) is 7.23. The zero-order chi connectivity index (χ0) is 17.1. The van der Waals surface area contributed by atoms with Crippen LogP contribution in [0.15, 0.2) is 24.3 Å². The van der Waals surface area contributed by atoms with Crippen LogP contribution in [0.2, 0.25) is 10.0 Å². The number of benzene rings is 1. The number of carbonyl (C=O) groups excluding carboxylic acids is 1. The van der Waals surface area contributed by atoms with E-state index in [4.69, 9.17) is 23.2 Å². The summed E-state index contributed by atoms with van der Waals surface area (Å²) in [5, 5.41) is 4.35. The SMILES string of the molecule is Cc1cc(Nc2cc(Cl)ccc2Cl)nc(N2CCN(C=O)CC2)n1. The number of carbonyl (C=O) groups is 1.